The second kappa shape index (κ2) is 8.45. The SMILES string of the molecule is COc1cc2c(cc1OC)N(Cc1ccccc1F)CC1C(c3ccc(C)cc3)NNC21. The summed E-state index contributed by atoms with van der Waals surface area (Å²) in [5.41, 5.74) is 12.3. The third-order valence-corrected chi connectivity index (χ3v) is 6.65. The lowest BCUT2D eigenvalue weighted by molar-refractivity contribution is 0.350. The fourth-order valence-electron chi connectivity index (χ4n) is 4.95. The lowest BCUT2D eigenvalue weighted by Gasteiger charge is -2.39. The molecule has 2 heterocycles. The molecule has 0 saturated carbocycles. The van der Waals surface area contributed by atoms with Gasteiger partial charge in [-0.2, -0.15) is 0 Å². The number of rotatable bonds is 5. The third kappa shape index (κ3) is 3.59. The van der Waals surface area contributed by atoms with E-state index < -0.39 is 0 Å². The monoisotopic (exact) mass is 433 g/mol. The first-order valence-electron chi connectivity index (χ1n) is 10.9. The zero-order valence-corrected chi connectivity index (χ0v) is 18.6. The molecule has 3 unspecified atom stereocenters. The molecular formula is C26H28FN3O2. The third-order valence-electron chi connectivity index (χ3n) is 6.65. The van der Waals surface area contributed by atoms with E-state index in [0.717, 1.165) is 17.8 Å². The zero-order valence-electron chi connectivity index (χ0n) is 18.6. The highest BCUT2D eigenvalue weighted by Crippen LogP contribution is 2.48. The van der Waals surface area contributed by atoms with Gasteiger partial charge < -0.3 is 14.4 Å². The van der Waals surface area contributed by atoms with Crippen molar-refractivity contribution in [3.63, 3.8) is 0 Å². The minimum Gasteiger partial charge on any atom is -0.493 e. The molecular weight excluding hydrogens is 405 g/mol. The average Bonchev–Trinajstić information content (AvgIpc) is 3.24. The van der Waals surface area contributed by atoms with E-state index in [1.54, 1.807) is 20.3 Å². The van der Waals surface area contributed by atoms with Gasteiger partial charge in [-0.3, -0.25) is 0 Å². The number of hydrogen-bond donors (Lipinski definition) is 2. The van der Waals surface area contributed by atoms with Crippen LogP contribution < -0.4 is 25.2 Å². The van der Waals surface area contributed by atoms with Gasteiger partial charge in [0.25, 0.3) is 0 Å². The lowest BCUT2D eigenvalue weighted by atomic mass is 9.81. The maximum atomic E-state index is 14.5. The average molecular weight is 434 g/mol. The number of halogens is 1. The molecule has 2 N–H and O–H groups in total. The van der Waals surface area contributed by atoms with Crippen LogP contribution in [0.4, 0.5) is 10.1 Å². The highest BCUT2D eigenvalue weighted by atomic mass is 19.1. The number of hydrazine groups is 1. The molecule has 0 aliphatic carbocycles. The largest absolute Gasteiger partial charge is 0.493 e. The minimum atomic E-state index is -0.186. The highest BCUT2D eigenvalue weighted by Gasteiger charge is 2.43. The summed E-state index contributed by atoms with van der Waals surface area (Å²) in [5, 5.41) is 0. The molecule has 6 heteroatoms. The van der Waals surface area contributed by atoms with Crippen LogP contribution in [0.15, 0.2) is 60.7 Å². The molecule has 3 aromatic rings. The van der Waals surface area contributed by atoms with Gasteiger partial charge in [0.1, 0.15) is 5.82 Å². The predicted octanol–water partition coefficient (Wildman–Crippen LogP) is 4.68. The molecule has 2 aliphatic rings. The quantitative estimate of drug-likeness (QED) is 0.612. The van der Waals surface area contributed by atoms with Gasteiger partial charge in [-0.05, 0) is 30.2 Å². The second-order valence-corrected chi connectivity index (χ2v) is 8.56. The number of benzene rings is 3. The summed E-state index contributed by atoms with van der Waals surface area (Å²) in [4.78, 5) is 2.26. The van der Waals surface area contributed by atoms with Crippen molar-refractivity contribution in [2.75, 3.05) is 25.7 Å². The van der Waals surface area contributed by atoms with Crippen LogP contribution in [0, 0.1) is 18.7 Å². The number of ether oxygens (including phenoxy) is 2. The van der Waals surface area contributed by atoms with Crippen molar-refractivity contribution in [2.24, 2.45) is 5.92 Å². The van der Waals surface area contributed by atoms with Gasteiger partial charge in [-0.25, -0.2) is 15.2 Å². The van der Waals surface area contributed by atoms with Crippen LogP contribution in [0.5, 0.6) is 11.5 Å². The van der Waals surface area contributed by atoms with E-state index in [2.05, 4.69) is 46.9 Å². The number of hydrogen-bond acceptors (Lipinski definition) is 5. The summed E-state index contributed by atoms with van der Waals surface area (Å²) in [6, 6.07) is 19.9. The second-order valence-electron chi connectivity index (χ2n) is 8.56. The molecule has 3 atom stereocenters. The molecule has 0 aromatic heterocycles. The van der Waals surface area contributed by atoms with Crippen molar-refractivity contribution < 1.29 is 13.9 Å². The molecule has 1 saturated heterocycles. The lowest BCUT2D eigenvalue weighted by Crippen LogP contribution is -2.39. The summed E-state index contributed by atoms with van der Waals surface area (Å²) in [7, 11) is 3.29. The Balaban J connectivity index is 1.57. The van der Waals surface area contributed by atoms with Gasteiger partial charge in [0.05, 0.1) is 26.3 Å². The molecule has 0 amide bonds. The van der Waals surface area contributed by atoms with E-state index in [1.165, 1.54) is 17.2 Å². The Bertz CT molecular complexity index is 1120. The van der Waals surface area contributed by atoms with E-state index in [9.17, 15) is 4.39 Å². The highest BCUT2D eigenvalue weighted by molar-refractivity contribution is 5.65. The van der Waals surface area contributed by atoms with E-state index in [-0.39, 0.29) is 23.8 Å². The van der Waals surface area contributed by atoms with Crippen LogP contribution in [-0.2, 0) is 6.54 Å². The van der Waals surface area contributed by atoms with Crippen LogP contribution in [-0.4, -0.2) is 20.8 Å². The van der Waals surface area contributed by atoms with E-state index in [1.807, 2.05) is 24.3 Å². The van der Waals surface area contributed by atoms with Gasteiger partial charge in [-0.1, -0.05) is 48.0 Å². The normalized spacial score (nSPS) is 21.8. The summed E-state index contributed by atoms with van der Waals surface area (Å²) in [6.45, 7) is 3.36. The molecule has 2 aliphatic heterocycles. The first-order valence-corrected chi connectivity index (χ1v) is 10.9. The Hall–Kier alpha value is -3.09. The van der Waals surface area contributed by atoms with Crippen LogP contribution in [0.3, 0.4) is 0 Å². The molecule has 0 bridgehead atoms. The van der Waals surface area contributed by atoms with Gasteiger partial charge in [0.2, 0.25) is 0 Å². The fourth-order valence-corrected chi connectivity index (χ4v) is 4.95. The minimum absolute atomic E-state index is 0.105. The van der Waals surface area contributed by atoms with Crippen molar-refractivity contribution >= 4 is 5.69 Å². The van der Waals surface area contributed by atoms with Crippen molar-refractivity contribution in [2.45, 2.75) is 25.6 Å². The van der Waals surface area contributed by atoms with Crippen molar-refractivity contribution in [1.82, 2.24) is 10.9 Å². The van der Waals surface area contributed by atoms with Gasteiger partial charge in [0, 0.05) is 36.3 Å². The van der Waals surface area contributed by atoms with Crippen molar-refractivity contribution in [1.29, 1.82) is 0 Å². The fraction of sp³-hybridized carbons (Fsp3) is 0.308. The molecule has 3 aromatic carbocycles. The number of anilines is 1. The summed E-state index contributed by atoms with van der Waals surface area (Å²) in [6.07, 6.45) is 0. The Kier molecular flexibility index (Phi) is 5.49. The summed E-state index contributed by atoms with van der Waals surface area (Å²) in [5.74, 6) is 1.44. The van der Waals surface area contributed by atoms with Crippen LogP contribution in [0.1, 0.15) is 34.3 Å². The van der Waals surface area contributed by atoms with Gasteiger partial charge >= 0.3 is 0 Å². The van der Waals surface area contributed by atoms with Crippen LogP contribution >= 0.6 is 0 Å². The number of nitrogens with one attached hydrogen (secondary N) is 2. The maximum Gasteiger partial charge on any atom is 0.162 e. The number of fused-ring (bicyclic) bond motifs is 3. The number of methoxy groups -OCH3 is 2. The molecule has 166 valence electrons. The first kappa shape index (κ1) is 20.8. The van der Waals surface area contributed by atoms with E-state index in [0.29, 0.717) is 23.6 Å². The standard InChI is InChI=1S/C26H28FN3O2/c1-16-8-10-17(11-9-16)25-20-15-30(14-18-6-4-5-7-21(18)27)22-13-24(32-3)23(31-2)12-19(22)26(20)29-28-25/h4-13,20,25-26,28-29H,14-15H2,1-3H3. The van der Waals surface area contributed by atoms with E-state index >= 15 is 0 Å². The molecule has 32 heavy (non-hydrogen) atoms. The topological polar surface area (TPSA) is 45.8 Å². The maximum absolute atomic E-state index is 14.5. The van der Waals surface area contributed by atoms with Crippen LogP contribution in [0.2, 0.25) is 0 Å². The first-order chi connectivity index (χ1) is 15.6. The smallest absolute Gasteiger partial charge is 0.162 e. The van der Waals surface area contributed by atoms with Gasteiger partial charge in [0.15, 0.2) is 11.5 Å². The predicted molar refractivity (Wildman–Crippen MR) is 123 cm³/mol. The van der Waals surface area contributed by atoms with Crippen LogP contribution in [0.25, 0.3) is 0 Å². The number of nitrogens with zero attached hydrogens (tertiary/aromatic N) is 1. The zero-order chi connectivity index (χ0) is 22.2. The molecule has 5 nitrogen and oxygen atoms in total. The Morgan fingerprint density at radius 1 is 0.938 bits per heavy atom. The van der Waals surface area contributed by atoms with Crippen molar-refractivity contribution in [3.05, 3.63) is 88.7 Å². The Labute approximate surface area is 188 Å². The molecule has 5 rings (SSSR count). The van der Waals surface area contributed by atoms with E-state index in [4.69, 9.17) is 9.47 Å². The summed E-state index contributed by atoms with van der Waals surface area (Å²) < 4.78 is 25.7. The Morgan fingerprint density at radius 3 is 2.34 bits per heavy atom. The Morgan fingerprint density at radius 2 is 1.62 bits per heavy atom. The summed E-state index contributed by atoms with van der Waals surface area (Å²) >= 11 is 0. The molecule has 0 spiro atoms. The molecule has 1 fully saturated rings. The van der Waals surface area contributed by atoms with Crippen molar-refractivity contribution in [3.8, 4) is 11.5 Å². The number of aryl methyl sites for hydroxylation is 1. The van der Waals surface area contributed by atoms with Gasteiger partial charge in [-0.15, -0.1) is 0 Å². The molecule has 0 radical (unpaired) electrons.